The van der Waals surface area contributed by atoms with Crippen molar-refractivity contribution in [3.05, 3.63) is 40.7 Å². The van der Waals surface area contributed by atoms with Crippen LogP contribution < -0.4 is 5.73 Å². The fourth-order valence-corrected chi connectivity index (χ4v) is 1.89. The molecule has 0 radical (unpaired) electrons. The molecule has 5 nitrogen and oxygen atoms in total. The number of fused-ring (bicyclic) bond motifs is 1. The molecule has 1 aromatic carbocycles. The van der Waals surface area contributed by atoms with Crippen molar-refractivity contribution in [3.8, 4) is 0 Å². The molecular weight excluding hydrogens is 244 g/mol. The number of halogens is 1. The predicted octanol–water partition coefficient (Wildman–Crippen LogP) is 1.69. The second-order valence-electron chi connectivity index (χ2n) is 3.35. The third-order valence-corrected chi connectivity index (χ3v) is 2.64. The molecule has 1 amide bonds. The Bertz CT molecular complexity index is 640. The maximum atomic E-state index is 11.2. The van der Waals surface area contributed by atoms with Crippen LogP contribution in [-0.2, 0) is 0 Å². The monoisotopic (exact) mass is 250 g/mol. The smallest absolute Gasteiger partial charge is 0.337 e. The molecule has 2 rings (SSSR count). The van der Waals surface area contributed by atoms with Gasteiger partial charge in [0.1, 0.15) is 5.69 Å². The number of rotatable bonds is 2. The number of nitrogens with zero attached hydrogens (tertiary/aromatic N) is 1. The molecule has 3 N–H and O–H groups in total. The van der Waals surface area contributed by atoms with Crippen LogP contribution in [0.2, 0.25) is 5.02 Å². The zero-order valence-electron chi connectivity index (χ0n) is 8.48. The summed E-state index contributed by atoms with van der Waals surface area (Å²) in [6.07, 6.45) is 1.08. The highest BCUT2D eigenvalue weighted by Gasteiger charge is 2.17. The zero-order valence-corrected chi connectivity index (χ0v) is 9.23. The Morgan fingerprint density at radius 3 is 2.65 bits per heavy atom. The number of pyridine rings is 1. The molecule has 0 spiro atoms. The van der Waals surface area contributed by atoms with Gasteiger partial charge in [0.2, 0.25) is 0 Å². The van der Waals surface area contributed by atoms with Gasteiger partial charge in [0.25, 0.3) is 5.91 Å². The molecule has 0 atom stereocenters. The van der Waals surface area contributed by atoms with Gasteiger partial charge in [-0.1, -0.05) is 23.7 Å². The minimum atomic E-state index is -1.16. The van der Waals surface area contributed by atoms with E-state index in [9.17, 15) is 9.59 Å². The SMILES string of the molecule is NC(=O)c1ncc(C(=O)O)c2c(Cl)cccc12. The summed E-state index contributed by atoms with van der Waals surface area (Å²) in [6, 6.07) is 4.70. The van der Waals surface area contributed by atoms with Crippen molar-refractivity contribution in [2.24, 2.45) is 5.73 Å². The van der Waals surface area contributed by atoms with Gasteiger partial charge in [0, 0.05) is 22.0 Å². The number of hydrogen-bond donors (Lipinski definition) is 2. The lowest BCUT2D eigenvalue weighted by atomic mass is 10.0. The lowest BCUT2D eigenvalue weighted by Gasteiger charge is -2.07. The minimum Gasteiger partial charge on any atom is -0.478 e. The molecule has 2 aromatic rings. The van der Waals surface area contributed by atoms with Crippen LogP contribution in [0.15, 0.2) is 24.4 Å². The Labute approximate surface area is 101 Å². The fraction of sp³-hybridized carbons (Fsp3) is 0. The highest BCUT2D eigenvalue weighted by atomic mass is 35.5. The summed E-state index contributed by atoms with van der Waals surface area (Å²) < 4.78 is 0. The van der Waals surface area contributed by atoms with Crippen molar-refractivity contribution in [1.82, 2.24) is 4.98 Å². The lowest BCUT2D eigenvalue weighted by molar-refractivity contribution is 0.0698. The lowest BCUT2D eigenvalue weighted by Crippen LogP contribution is -2.14. The average Bonchev–Trinajstić information content (AvgIpc) is 2.27. The Morgan fingerprint density at radius 1 is 1.35 bits per heavy atom. The van der Waals surface area contributed by atoms with Crippen LogP contribution in [-0.4, -0.2) is 22.0 Å². The molecule has 17 heavy (non-hydrogen) atoms. The number of carboxylic acids is 1. The first-order chi connectivity index (χ1) is 8.02. The van der Waals surface area contributed by atoms with Crippen LogP contribution in [0.25, 0.3) is 10.8 Å². The molecule has 0 saturated heterocycles. The van der Waals surface area contributed by atoms with Crippen LogP contribution in [0.1, 0.15) is 20.8 Å². The Morgan fingerprint density at radius 2 is 2.06 bits per heavy atom. The van der Waals surface area contributed by atoms with Crippen LogP contribution in [0.3, 0.4) is 0 Å². The van der Waals surface area contributed by atoms with Gasteiger partial charge in [0.05, 0.1) is 5.56 Å². The highest BCUT2D eigenvalue weighted by Crippen LogP contribution is 2.28. The van der Waals surface area contributed by atoms with Gasteiger partial charge in [-0.2, -0.15) is 0 Å². The van der Waals surface area contributed by atoms with Crippen molar-refractivity contribution < 1.29 is 14.7 Å². The number of hydrogen-bond acceptors (Lipinski definition) is 3. The molecule has 6 heteroatoms. The molecular formula is C11H7ClN2O3. The van der Waals surface area contributed by atoms with Gasteiger partial charge in [-0.3, -0.25) is 4.79 Å². The van der Waals surface area contributed by atoms with E-state index in [2.05, 4.69) is 4.98 Å². The van der Waals surface area contributed by atoms with E-state index in [0.29, 0.717) is 5.39 Å². The standard InChI is InChI=1S/C11H7ClN2O3/c12-7-3-1-2-5-8(7)6(11(16)17)4-14-9(5)10(13)15/h1-4H,(H2,13,15)(H,16,17). The molecule has 0 unspecified atom stereocenters. The maximum absolute atomic E-state index is 11.2. The number of benzene rings is 1. The van der Waals surface area contributed by atoms with Crippen LogP contribution in [0.5, 0.6) is 0 Å². The Hall–Kier alpha value is -2.14. The zero-order chi connectivity index (χ0) is 12.6. The second-order valence-corrected chi connectivity index (χ2v) is 3.76. The van der Waals surface area contributed by atoms with Crippen molar-refractivity contribution in [2.75, 3.05) is 0 Å². The highest BCUT2D eigenvalue weighted by molar-refractivity contribution is 6.37. The predicted molar refractivity (Wildman–Crippen MR) is 62.2 cm³/mol. The van der Waals surface area contributed by atoms with E-state index >= 15 is 0 Å². The van der Waals surface area contributed by atoms with Gasteiger partial charge in [-0.05, 0) is 6.07 Å². The number of amides is 1. The number of aromatic nitrogens is 1. The van der Waals surface area contributed by atoms with Crippen molar-refractivity contribution >= 4 is 34.2 Å². The van der Waals surface area contributed by atoms with E-state index in [-0.39, 0.29) is 21.7 Å². The summed E-state index contributed by atoms with van der Waals surface area (Å²) >= 11 is 5.94. The summed E-state index contributed by atoms with van der Waals surface area (Å²) in [4.78, 5) is 26.0. The normalized spacial score (nSPS) is 10.4. The van der Waals surface area contributed by atoms with E-state index in [1.807, 2.05) is 0 Å². The van der Waals surface area contributed by atoms with Gasteiger partial charge < -0.3 is 10.8 Å². The first kappa shape index (κ1) is 11.3. The third-order valence-electron chi connectivity index (χ3n) is 2.32. The molecule has 0 aliphatic carbocycles. The van der Waals surface area contributed by atoms with Crippen LogP contribution in [0, 0.1) is 0 Å². The fourth-order valence-electron chi connectivity index (χ4n) is 1.62. The number of nitrogens with two attached hydrogens (primary N) is 1. The summed E-state index contributed by atoms with van der Waals surface area (Å²) in [5, 5.41) is 9.87. The van der Waals surface area contributed by atoms with Crippen molar-refractivity contribution in [1.29, 1.82) is 0 Å². The van der Waals surface area contributed by atoms with Crippen molar-refractivity contribution in [3.63, 3.8) is 0 Å². The Balaban J connectivity index is 2.96. The summed E-state index contributed by atoms with van der Waals surface area (Å²) in [6.45, 7) is 0. The molecule has 0 aliphatic heterocycles. The van der Waals surface area contributed by atoms with Gasteiger partial charge >= 0.3 is 5.97 Å². The van der Waals surface area contributed by atoms with Gasteiger partial charge in [-0.25, -0.2) is 9.78 Å². The van der Waals surface area contributed by atoms with E-state index < -0.39 is 11.9 Å². The minimum absolute atomic E-state index is 0.00694. The first-order valence-corrected chi connectivity index (χ1v) is 5.00. The number of carbonyl (C=O) groups is 2. The Kier molecular flexibility index (Phi) is 2.69. The van der Waals surface area contributed by atoms with Crippen LogP contribution in [0.4, 0.5) is 0 Å². The molecule has 0 aliphatic rings. The van der Waals surface area contributed by atoms with Crippen LogP contribution >= 0.6 is 11.6 Å². The molecule has 1 aromatic heterocycles. The number of aromatic carboxylic acids is 1. The quantitative estimate of drug-likeness (QED) is 0.848. The third kappa shape index (κ3) is 1.81. The molecule has 1 heterocycles. The molecule has 0 fully saturated rings. The molecule has 86 valence electrons. The number of carbonyl (C=O) groups excluding carboxylic acids is 1. The summed E-state index contributed by atoms with van der Waals surface area (Å²) in [7, 11) is 0. The summed E-state index contributed by atoms with van der Waals surface area (Å²) in [5.41, 5.74) is 5.11. The maximum Gasteiger partial charge on any atom is 0.337 e. The summed E-state index contributed by atoms with van der Waals surface area (Å²) in [5.74, 6) is -1.89. The van der Waals surface area contributed by atoms with Gasteiger partial charge in [0.15, 0.2) is 0 Å². The largest absolute Gasteiger partial charge is 0.478 e. The van der Waals surface area contributed by atoms with E-state index in [1.165, 1.54) is 0 Å². The molecule has 0 saturated carbocycles. The van der Waals surface area contributed by atoms with E-state index in [0.717, 1.165) is 6.20 Å². The number of carboxylic acid groups (broad SMARTS) is 1. The topological polar surface area (TPSA) is 93.3 Å². The second kappa shape index (κ2) is 4.03. The first-order valence-electron chi connectivity index (χ1n) is 4.62. The van der Waals surface area contributed by atoms with Crippen molar-refractivity contribution in [2.45, 2.75) is 0 Å². The van der Waals surface area contributed by atoms with E-state index in [1.54, 1.807) is 18.2 Å². The molecule has 0 bridgehead atoms. The number of primary amides is 1. The average molecular weight is 251 g/mol. The van der Waals surface area contributed by atoms with E-state index in [4.69, 9.17) is 22.4 Å². The van der Waals surface area contributed by atoms with Gasteiger partial charge in [-0.15, -0.1) is 0 Å².